The highest BCUT2D eigenvalue weighted by atomic mass is 35.5. The molecule has 0 bridgehead atoms. The second-order valence-electron chi connectivity index (χ2n) is 5.84. The number of benzene rings is 1. The van der Waals surface area contributed by atoms with E-state index in [0.29, 0.717) is 10.8 Å². The normalized spacial score (nSPS) is 12.4. The fourth-order valence-corrected chi connectivity index (χ4v) is 2.21. The lowest BCUT2D eigenvalue weighted by molar-refractivity contribution is -0.184. The number of hydrogen-bond acceptors (Lipinski definition) is 4. The number of likely N-dealkylation sites (N-methyl/N-ethyl adjacent to an activating group) is 1. The van der Waals surface area contributed by atoms with Gasteiger partial charge in [0.1, 0.15) is 5.75 Å². The van der Waals surface area contributed by atoms with Gasteiger partial charge in [0.2, 0.25) is 5.91 Å². The van der Waals surface area contributed by atoms with Crippen molar-refractivity contribution in [3.8, 4) is 5.75 Å². The summed E-state index contributed by atoms with van der Waals surface area (Å²) < 4.78 is 43.7. The van der Waals surface area contributed by atoms with Crippen molar-refractivity contribution in [1.29, 1.82) is 0 Å². The number of alkyl halides is 3. The molecule has 0 aliphatic heterocycles. The van der Waals surface area contributed by atoms with Crippen molar-refractivity contribution in [2.45, 2.75) is 18.6 Å². The second-order valence-corrected chi connectivity index (χ2v) is 6.28. The first kappa shape index (κ1) is 22.8. The predicted octanol–water partition coefficient (Wildman–Crippen LogP) is 2.35. The van der Waals surface area contributed by atoms with E-state index in [4.69, 9.17) is 16.3 Å². The molecule has 0 fully saturated rings. The van der Waals surface area contributed by atoms with Gasteiger partial charge >= 0.3 is 6.18 Å². The molecule has 1 aromatic rings. The van der Waals surface area contributed by atoms with Crippen molar-refractivity contribution in [3.05, 3.63) is 41.6 Å². The van der Waals surface area contributed by atoms with Gasteiger partial charge in [0.15, 0.2) is 12.6 Å². The van der Waals surface area contributed by atoms with Crippen LogP contribution >= 0.6 is 11.6 Å². The number of hydrogen-bond donors (Lipinski definition) is 2. The van der Waals surface area contributed by atoms with Crippen molar-refractivity contribution in [1.82, 2.24) is 15.5 Å². The first-order chi connectivity index (χ1) is 12.5. The molecule has 1 atom stereocenters. The lowest BCUT2D eigenvalue weighted by Gasteiger charge is -2.25. The maximum Gasteiger partial charge on any atom is 0.412 e. The summed E-state index contributed by atoms with van der Waals surface area (Å²) >= 11 is 5.73. The minimum Gasteiger partial charge on any atom is -0.484 e. The molecule has 0 saturated carbocycles. The minimum absolute atomic E-state index is 0.0798. The summed E-state index contributed by atoms with van der Waals surface area (Å²) in [6, 6.07) is 4.17. The number of rotatable bonds is 9. The number of nitrogens with one attached hydrogen (secondary N) is 2. The van der Waals surface area contributed by atoms with E-state index in [1.54, 1.807) is 24.3 Å². The van der Waals surface area contributed by atoms with Gasteiger partial charge in [-0.2, -0.15) is 13.2 Å². The molecule has 1 unspecified atom stereocenters. The molecule has 150 valence electrons. The first-order valence-corrected chi connectivity index (χ1v) is 8.25. The van der Waals surface area contributed by atoms with Gasteiger partial charge in [-0.3, -0.25) is 14.5 Å². The molecule has 0 aliphatic carbocycles. The van der Waals surface area contributed by atoms with Crippen molar-refractivity contribution >= 4 is 23.4 Å². The van der Waals surface area contributed by atoms with Gasteiger partial charge in [0.05, 0.1) is 0 Å². The van der Waals surface area contributed by atoms with E-state index >= 15 is 0 Å². The van der Waals surface area contributed by atoms with Crippen LogP contribution in [-0.2, 0) is 9.59 Å². The largest absolute Gasteiger partial charge is 0.484 e. The Kier molecular flexibility index (Phi) is 8.58. The third kappa shape index (κ3) is 8.31. The molecule has 1 aromatic carbocycles. The fraction of sp³-hybridized carbons (Fsp3) is 0.412. The molecule has 0 aliphatic rings. The zero-order valence-corrected chi connectivity index (χ0v) is 15.7. The SMILES string of the molecule is C=C(CCNC(=O)C(N(C)C)C(F)(F)F)NC(=O)COc1ccc(Cl)cc1. The monoisotopic (exact) mass is 407 g/mol. The molecule has 0 saturated heterocycles. The molecule has 0 spiro atoms. The van der Waals surface area contributed by atoms with Gasteiger partial charge in [-0.15, -0.1) is 0 Å². The molecule has 0 aromatic heterocycles. The van der Waals surface area contributed by atoms with E-state index in [-0.39, 0.29) is 25.3 Å². The van der Waals surface area contributed by atoms with E-state index in [9.17, 15) is 22.8 Å². The Morgan fingerprint density at radius 2 is 1.85 bits per heavy atom. The maximum atomic E-state index is 12.8. The van der Waals surface area contributed by atoms with E-state index in [1.165, 1.54) is 0 Å². The Morgan fingerprint density at radius 1 is 1.26 bits per heavy atom. The Balaban J connectivity index is 2.34. The summed E-state index contributed by atoms with van der Waals surface area (Å²) in [6.07, 6.45) is -4.60. The van der Waals surface area contributed by atoms with E-state index in [2.05, 4.69) is 17.2 Å². The standard InChI is InChI=1S/C17H21ClF3N3O3/c1-11(8-9-22-16(26)15(24(2)3)17(19,20)21)23-14(25)10-27-13-6-4-12(18)5-7-13/h4-7,15H,1,8-10H2,2-3H3,(H,22,26)(H,23,25). The van der Waals surface area contributed by atoms with Crippen molar-refractivity contribution in [3.63, 3.8) is 0 Å². The minimum atomic E-state index is -4.68. The molecule has 0 radical (unpaired) electrons. The van der Waals surface area contributed by atoms with Crippen LogP contribution in [0.3, 0.4) is 0 Å². The average molecular weight is 408 g/mol. The van der Waals surface area contributed by atoms with E-state index in [0.717, 1.165) is 19.0 Å². The Labute approximate surface area is 160 Å². The highest BCUT2D eigenvalue weighted by Crippen LogP contribution is 2.23. The van der Waals surface area contributed by atoms with Crippen LogP contribution in [0, 0.1) is 0 Å². The molecule has 0 heterocycles. The zero-order chi connectivity index (χ0) is 20.6. The summed E-state index contributed by atoms with van der Waals surface area (Å²) in [5.74, 6) is -1.20. The van der Waals surface area contributed by atoms with Crippen LogP contribution < -0.4 is 15.4 Å². The maximum absolute atomic E-state index is 12.8. The van der Waals surface area contributed by atoms with Crippen LogP contribution in [0.2, 0.25) is 5.02 Å². The smallest absolute Gasteiger partial charge is 0.412 e. The van der Waals surface area contributed by atoms with E-state index < -0.39 is 24.0 Å². The molecular weight excluding hydrogens is 387 g/mol. The highest BCUT2D eigenvalue weighted by Gasteiger charge is 2.46. The Bertz CT molecular complexity index is 664. The molecular formula is C17H21ClF3N3O3. The van der Waals surface area contributed by atoms with Crippen LogP contribution in [0.25, 0.3) is 0 Å². The van der Waals surface area contributed by atoms with Gasteiger partial charge in [-0.25, -0.2) is 0 Å². The number of ether oxygens (including phenoxy) is 1. The number of amides is 2. The van der Waals surface area contributed by atoms with Crippen molar-refractivity contribution in [2.75, 3.05) is 27.2 Å². The topological polar surface area (TPSA) is 70.7 Å². The summed E-state index contributed by atoms with van der Waals surface area (Å²) in [5, 5.41) is 5.16. The number of nitrogens with zero attached hydrogens (tertiary/aromatic N) is 1. The van der Waals surface area contributed by atoms with E-state index in [1.807, 2.05) is 0 Å². The van der Waals surface area contributed by atoms with Crippen LogP contribution in [0.5, 0.6) is 5.75 Å². The average Bonchev–Trinajstić information content (AvgIpc) is 2.52. The van der Waals surface area contributed by atoms with Crippen molar-refractivity contribution < 1.29 is 27.5 Å². The molecule has 2 amide bonds. The molecule has 1 rings (SSSR count). The summed E-state index contributed by atoms with van der Waals surface area (Å²) in [7, 11) is 2.33. The molecule has 10 heteroatoms. The Hall–Kier alpha value is -2.26. The van der Waals surface area contributed by atoms with Gasteiger partial charge < -0.3 is 15.4 Å². The predicted molar refractivity (Wildman–Crippen MR) is 95.4 cm³/mol. The summed E-state index contributed by atoms with van der Waals surface area (Å²) in [5.41, 5.74) is 0.244. The third-order valence-corrected chi connectivity index (χ3v) is 3.55. The number of halogens is 4. The molecule has 27 heavy (non-hydrogen) atoms. The number of carbonyl (C=O) groups excluding carboxylic acids is 2. The quantitative estimate of drug-likeness (QED) is 0.659. The van der Waals surface area contributed by atoms with Gasteiger partial charge in [0, 0.05) is 23.7 Å². The second kappa shape index (κ2) is 10.2. The van der Waals surface area contributed by atoms with Crippen LogP contribution in [0.1, 0.15) is 6.42 Å². The van der Waals surface area contributed by atoms with Gasteiger partial charge in [-0.05, 0) is 38.4 Å². The molecule has 2 N–H and O–H groups in total. The van der Waals surface area contributed by atoms with Crippen LogP contribution in [0.15, 0.2) is 36.5 Å². The summed E-state index contributed by atoms with van der Waals surface area (Å²) in [4.78, 5) is 24.2. The van der Waals surface area contributed by atoms with Gasteiger partial charge in [-0.1, -0.05) is 18.2 Å². The van der Waals surface area contributed by atoms with Crippen molar-refractivity contribution in [2.24, 2.45) is 0 Å². The lowest BCUT2D eigenvalue weighted by Crippen LogP contribution is -2.52. The zero-order valence-electron chi connectivity index (χ0n) is 14.9. The summed E-state index contributed by atoms with van der Waals surface area (Å²) in [6.45, 7) is 3.22. The lowest BCUT2D eigenvalue weighted by atomic mass is 10.2. The fourth-order valence-electron chi connectivity index (χ4n) is 2.08. The third-order valence-electron chi connectivity index (χ3n) is 3.30. The van der Waals surface area contributed by atoms with Gasteiger partial charge in [0.25, 0.3) is 5.91 Å². The van der Waals surface area contributed by atoms with Crippen LogP contribution in [-0.4, -0.2) is 56.2 Å². The Morgan fingerprint density at radius 3 is 2.37 bits per heavy atom. The first-order valence-electron chi connectivity index (χ1n) is 7.87. The van der Waals surface area contributed by atoms with Crippen LogP contribution in [0.4, 0.5) is 13.2 Å². The highest BCUT2D eigenvalue weighted by molar-refractivity contribution is 6.30. The molecule has 6 nitrogen and oxygen atoms in total. The number of carbonyl (C=O) groups is 2.